The van der Waals surface area contributed by atoms with Gasteiger partial charge in [-0.15, -0.1) is 10.2 Å². The molecule has 0 fully saturated rings. The maximum Gasteiger partial charge on any atom is 0.269 e. The summed E-state index contributed by atoms with van der Waals surface area (Å²) in [7, 11) is 0. The zero-order valence-corrected chi connectivity index (χ0v) is 15.6. The Bertz CT molecular complexity index is 1080. The number of hydrogen-bond donors (Lipinski definition) is 1. The minimum atomic E-state index is -0.451. The van der Waals surface area contributed by atoms with Crippen molar-refractivity contribution in [3.63, 3.8) is 0 Å². The molecule has 0 unspecified atom stereocenters. The Morgan fingerprint density at radius 3 is 2.41 bits per heavy atom. The first kappa shape index (κ1) is 18.6. The molecular formula is C21H18N4O4. The molecule has 0 saturated carbocycles. The Labute approximate surface area is 166 Å². The lowest BCUT2D eigenvalue weighted by Crippen LogP contribution is -2.25. The molecule has 4 rings (SSSR count). The van der Waals surface area contributed by atoms with Gasteiger partial charge in [-0.25, -0.2) is 0 Å². The van der Waals surface area contributed by atoms with Gasteiger partial charge in [0.25, 0.3) is 5.69 Å². The van der Waals surface area contributed by atoms with Crippen LogP contribution >= 0.6 is 0 Å². The van der Waals surface area contributed by atoms with Crippen LogP contribution in [0.3, 0.4) is 0 Å². The van der Waals surface area contributed by atoms with Crippen molar-refractivity contribution in [2.75, 3.05) is 0 Å². The van der Waals surface area contributed by atoms with Crippen LogP contribution in [0.1, 0.15) is 36.2 Å². The first-order valence-corrected chi connectivity index (χ1v) is 9.04. The molecule has 0 saturated heterocycles. The van der Waals surface area contributed by atoms with E-state index in [0.717, 1.165) is 11.3 Å². The van der Waals surface area contributed by atoms with Crippen molar-refractivity contribution in [2.45, 2.75) is 19.0 Å². The van der Waals surface area contributed by atoms with E-state index in [4.69, 9.17) is 8.83 Å². The molecule has 2 atom stereocenters. The second-order valence-electron chi connectivity index (χ2n) is 6.50. The minimum absolute atomic E-state index is 0.00711. The number of hydrogen-bond acceptors (Lipinski definition) is 7. The Morgan fingerprint density at radius 1 is 1.00 bits per heavy atom. The molecule has 0 aliphatic rings. The summed E-state index contributed by atoms with van der Waals surface area (Å²) in [6, 6.07) is 19.2. The van der Waals surface area contributed by atoms with Gasteiger partial charge in [0.15, 0.2) is 0 Å². The summed E-state index contributed by atoms with van der Waals surface area (Å²) >= 11 is 0. The highest BCUT2D eigenvalue weighted by atomic mass is 16.6. The lowest BCUT2D eigenvalue weighted by atomic mass is 10.0. The summed E-state index contributed by atoms with van der Waals surface area (Å²) in [4.78, 5) is 10.3. The lowest BCUT2D eigenvalue weighted by Gasteiger charge is -2.20. The number of non-ortho nitro benzene ring substituents is 1. The Hall–Kier alpha value is -3.78. The van der Waals surface area contributed by atoms with Crippen LogP contribution in [-0.4, -0.2) is 15.1 Å². The molecule has 8 nitrogen and oxygen atoms in total. The van der Waals surface area contributed by atoms with Crippen LogP contribution in [0.2, 0.25) is 0 Å². The average Bonchev–Trinajstić information content (AvgIpc) is 3.45. The highest BCUT2D eigenvalue weighted by molar-refractivity contribution is 5.55. The van der Waals surface area contributed by atoms with E-state index in [1.807, 2.05) is 49.4 Å². The zero-order chi connectivity index (χ0) is 20.2. The average molecular weight is 390 g/mol. The predicted molar refractivity (Wildman–Crippen MR) is 105 cm³/mol. The molecule has 8 heteroatoms. The van der Waals surface area contributed by atoms with Gasteiger partial charge in [-0.1, -0.05) is 30.3 Å². The molecule has 29 heavy (non-hydrogen) atoms. The minimum Gasteiger partial charge on any atom is -0.467 e. The summed E-state index contributed by atoms with van der Waals surface area (Å²) in [6.45, 7) is 1.92. The fourth-order valence-electron chi connectivity index (χ4n) is 3.02. The number of furan rings is 1. The smallest absolute Gasteiger partial charge is 0.269 e. The van der Waals surface area contributed by atoms with Gasteiger partial charge in [0.1, 0.15) is 5.76 Å². The van der Waals surface area contributed by atoms with Crippen LogP contribution in [0, 0.1) is 10.1 Å². The van der Waals surface area contributed by atoms with Crippen molar-refractivity contribution < 1.29 is 13.8 Å². The van der Waals surface area contributed by atoms with Crippen molar-refractivity contribution in [1.29, 1.82) is 0 Å². The second-order valence-corrected chi connectivity index (χ2v) is 6.50. The monoisotopic (exact) mass is 390 g/mol. The Kier molecular flexibility index (Phi) is 5.17. The van der Waals surface area contributed by atoms with Crippen LogP contribution < -0.4 is 5.32 Å². The van der Waals surface area contributed by atoms with E-state index >= 15 is 0 Å². The summed E-state index contributed by atoms with van der Waals surface area (Å²) in [6.07, 6.45) is 1.64. The summed E-state index contributed by atoms with van der Waals surface area (Å²) in [5.74, 6) is 1.49. The van der Waals surface area contributed by atoms with Gasteiger partial charge < -0.3 is 8.83 Å². The Morgan fingerprint density at radius 2 is 1.76 bits per heavy atom. The second kappa shape index (κ2) is 8.07. The highest BCUT2D eigenvalue weighted by Crippen LogP contribution is 2.27. The SMILES string of the molecule is C[C@@H](N[C@@H](c1ccccc1)c1ccco1)c1nnc(-c2ccc([N+](=O)[O-])cc2)o1. The van der Waals surface area contributed by atoms with Crippen LogP contribution in [-0.2, 0) is 0 Å². The van der Waals surface area contributed by atoms with Crippen molar-refractivity contribution in [3.8, 4) is 11.5 Å². The number of nitro groups is 1. The van der Waals surface area contributed by atoms with Crippen LogP contribution in [0.5, 0.6) is 0 Å². The molecule has 0 spiro atoms. The zero-order valence-electron chi connectivity index (χ0n) is 15.6. The number of nitrogens with one attached hydrogen (secondary N) is 1. The molecule has 0 aliphatic carbocycles. The van der Waals surface area contributed by atoms with E-state index in [-0.39, 0.29) is 17.8 Å². The molecule has 146 valence electrons. The number of nitro benzene ring substituents is 1. The van der Waals surface area contributed by atoms with Crippen LogP contribution in [0.4, 0.5) is 5.69 Å². The van der Waals surface area contributed by atoms with E-state index in [1.165, 1.54) is 12.1 Å². The van der Waals surface area contributed by atoms with Gasteiger partial charge in [0.05, 0.1) is 23.3 Å². The number of benzene rings is 2. The van der Waals surface area contributed by atoms with Gasteiger partial charge in [0, 0.05) is 17.7 Å². The van der Waals surface area contributed by atoms with Crippen molar-refractivity contribution >= 4 is 5.69 Å². The van der Waals surface area contributed by atoms with Gasteiger partial charge in [-0.05, 0) is 36.8 Å². The third-order valence-corrected chi connectivity index (χ3v) is 4.51. The van der Waals surface area contributed by atoms with Gasteiger partial charge in [0.2, 0.25) is 11.8 Å². The first-order chi connectivity index (χ1) is 14.1. The normalized spacial score (nSPS) is 13.1. The maximum atomic E-state index is 10.8. The van der Waals surface area contributed by atoms with Crippen molar-refractivity contribution in [1.82, 2.24) is 15.5 Å². The Balaban J connectivity index is 1.55. The summed E-state index contributed by atoms with van der Waals surface area (Å²) in [5, 5.41) is 22.5. The largest absolute Gasteiger partial charge is 0.467 e. The third-order valence-electron chi connectivity index (χ3n) is 4.51. The van der Waals surface area contributed by atoms with Gasteiger partial charge in [-0.2, -0.15) is 0 Å². The third kappa shape index (κ3) is 4.07. The highest BCUT2D eigenvalue weighted by Gasteiger charge is 2.23. The van der Waals surface area contributed by atoms with Crippen molar-refractivity contribution in [2.24, 2.45) is 0 Å². The molecule has 2 aromatic heterocycles. The fraction of sp³-hybridized carbons (Fsp3) is 0.143. The number of nitrogens with zero attached hydrogens (tertiary/aromatic N) is 3. The summed E-state index contributed by atoms with van der Waals surface area (Å²) in [5.41, 5.74) is 1.67. The van der Waals surface area contributed by atoms with E-state index in [9.17, 15) is 10.1 Å². The molecule has 0 amide bonds. The molecule has 0 bridgehead atoms. The van der Waals surface area contributed by atoms with Crippen LogP contribution in [0.15, 0.2) is 81.8 Å². The van der Waals surface area contributed by atoms with E-state index in [2.05, 4.69) is 15.5 Å². The van der Waals surface area contributed by atoms with E-state index in [0.29, 0.717) is 17.3 Å². The van der Waals surface area contributed by atoms with Gasteiger partial charge in [-0.3, -0.25) is 15.4 Å². The molecule has 2 heterocycles. The fourth-order valence-corrected chi connectivity index (χ4v) is 3.02. The molecule has 4 aromatic rings. The van der Waals surface area contributed by atoms with E-state index < -0.39 is 4.92 Å². The quantitative estimate of drug-likeness (QED) is 0.361. The predicted octanol–water partition coefficient (Wildman–Crippen LogP) is 4.68. The topological polar surface area (TPSA) is 107 Å². The first-order valence-electron chi connectivity index (χ1n) is 9.04. The number of rotatable bonds is 7. The molecule has 0 aliphatic heterocycles. The van der Waals surface area contributed by atoms with Crippen molar-refractivity contribution in [3.05, 3.63) is 100 Å². The molecular weight excluding hydrogens is 372 g/mol. The maximum absolute atomic E-state index is 10.8. The number of aromatic nitrogens is 2. The molecule has 2 aromatic carbocycles. The lowest BCUT2D eigenvalue weighted by molar-refractivity contribution is -0.384. The standard InChI is InChI=1S/C21H18N4O4/c1-14(22-19(18-8-5-13-28-18)15-6-3-2-4-7-15)20-23-24-21(29-20)16-9-11-17(12-10-16)25(26)27/h2-14,19,22H,1H3/t14-,19+/m1/s1. The van der Waals surface area contributed by atoms with Crippen LogP contribution in [0.25, 0.3) is 11.5 Å². The van der Waals surface area contributed by atoms with Gasteiger partial charge >= 0.3 is 0 Å². The molecule has 1 N–H and O–H groups in total. The molecule has 0 radical (unpaired) electrons. The van der Waals surface area contributed by atoms with E-state index in [1.54, 1.807) is 18.4 Å². The summed E-state index contributed by atoms with van der Waals surface area (Å²) < 4.78 is 11.4.